The molecule has 0 atom stereocenters. The van der Waals surface area contributed by atoms with Gasteiger partial charge < -0.3 is 4.57 Å². The van der Waals surface area contributed by atoms with Crippen molar-refractivity contribution in [2.45, 2.75) is 20.4 Å². The van der Waals surface area contributed by atoms with Gasteiger partial charge in [-0.25, -0.2) is 19.0 Å². The van der Waals surface area contributed by atoms with Crippen molar-refractivity contribution in [2.75, 3.05) is 0 Å². The molecule has 124 valence electrons. The quantitative estimate of drug-likeness (QED) is 0.511. The van der Waals surface area contributed by atoms with E-state index in [0.29, 0.717) is 35.1 Å². The monoisotopic (exact) mass is 335 g/mol. The van der Waals surface area contributed by atoms with Crippen LogP contribution >= 0.6 is 0 Å². The minimum atomic E-state index is -0.338. The van der Waals surface area contributed by atoms with Gasteiger partial charge in [-0.3, -0.25) is 5.10 Å². The van der Waals surface area contributed by atoms with Crippen LogP contribution in [0.4, 0.5) is 4.39 Å². The van der Waals surface area contributed by atoms with E-state index in [0.717, 1.165) is 17.1 Å². The van der Waals surface area contributed by atoms with Crippen molar-refractivity contribution in [1.82, 2.24) is 34.5 Å². The third kappa shape index (κ3) is 1.97. The zero-order chi connectivity index (χ0) is 17.1. The summed E-state index contributed by atoms with van der Waals surface area (Å²) in [6, 6.07) is 6.86. The average molecular weight is 335 g/mol. The van der Waals surface area contributed by atoms with E-state index < -0.39 is 0 Å². The van der Waals surface area contributed by atoms with Crippen molar-refractivity contribution in [1.29, 1.82) is 0 Å². The molecular formula is C17H14FN7. The van der Waals surface area contributed by atoms with Gasteiger partial charge in [-0.2, -0.15) is 5.10 Å². The van der Waals surface area contributed by atoms with Crippen LogP contribution in [-0.4, -0.2) is 34.5 Å². The van der Waals surface area contributed by atoms with Crippen molar-refractivity contribution in [3.05, 3.63) is 53.5 Å². The number of halogens is 1. The van der Waals surface area contributed by atoms with E-state index in [1.807, 2.05) is 30.5 Å². The molecule has 0 bridgehead atoms. The van der Waals surface area contributed by atoms with Gasteiger partial charge in [0.05, 0.1) is 35.5 Å². The lowest BCUT2D eigenvalue weighted by atomic mass is 10.1. The molecule has 0 saturated carbocycles. The van der Waals surface area contributed by atoms with Gasteiger partial charge in [-0.05, 0) is 32.0 Å². The SMILES string of the molecule is Cc1cc(-c2nc3n(n2)Cc2c(C)ncn2-c2cccc(F)c2-3)n[nH]1. The molecule has 7 nitrogen and oxygen atoms in total. The van der Waals surface area contributed by atoms with Gasteiger partial charge in [0.2, 0.25) is 5.82 Å². The molecule has 0 unspecified atom stereocenters. The first-order valence-corrected chi connectivity index (χ1v) is 7.91. The number of benzene rings is 1. The molecule has 1 aliphatic heterocycles. The molecule has 1 aromatic carbocycles. The molecule has 8 heteroatoms. The van der Waals surface area contributed by atoms with Crippen LogP contribution in [0.15, 0.2) is 30.6 Å². The van der Waals surface area contributed by atoms with E-state index in [-0.39, 0.29) is 5.82 Å². The molecule has 0 saturated heterocycles. The zero-order valence-electron chi connectivity index (χ0n) is 13.7. The Morgan fingerprint density at radius 3 is 2.92 bits per heavy atom. The van der Waals surface area contributed by atoms with Crippen LogP contribution in [0.2, 0.25) is 0 Å². The fourth-order valence-electron chi connectivity index (χ4n) is 3.22. The van der Waals surface area contributed by atoms with Crippen molar-refractivity contribution in [3.8, 4) is 28.6 Å². The van der Waals surface area contributed by atoms with Crippen LogP contribution in [0.25, 0.3) is 28.6 Å². The third-order valence-corrected chi connectivity index (χ3v) is 4.46. The Hall–Kier alpha value is -3.29. The second-order valence-electron chi connectivity index (χ2n) is 6.13. The summed E-state index contributed by atoms with van der Waals surface area (Å²) in [6.07, 6.45) is 1.72. The van der Waals surface area contributed by atoms with Crippen LogP contribution < -0.4 is 0 Å². The van der Waals surface area contributed by atoms with Crippen molar-refractivity contribution >= 4 is 0 Å². The standard InChI is InChI=1S/C17H14FN7/c1-9-6-12(22-21-9)16-20-17-15-11(18)4-3-5-13(15)24-8-19-10(2)14(24)7-25(17)23-16/h3-6,8H,7H2,1-2H3,(H,21,22). The molecule has 0 fully saturated rings. The highest BCUT2D eigenvalue weighted by molar-refractivity contribution is 5.71. The Morgan fingerprint density at radius 2 is 2.12 bits per heavy atom. The highest BCUT2D eigenvalue weighted by atomic mass is 19.1. The molecule has 0 radical (unpaired) electrons. The second kappa shape index (κ2) is 4.85. The van der Waals surface area contributed by atoms with E-state index in [1.54, 1.807) is 17.1 Å². The van der Waals surface area contributed by atoms with E-state index in [2.05, 4.69) is 25.3 Å². The average Bonchev–Trinajstić information content (AvgIpc) is 3.27. The Morgan fingerprint density at radius 1 is 1.24 bits per heavy atom. The van der Waals surface area contributed by atoms with Gasteiger partial charge in [-0.1, -0.05) is 6.07 Å². The lowest BCUT2D eigenvalue weighted by molar-refractivity contribution is 0.625. The third-order valence-electron chi connectivity index (χ3n) is 4.46. The number of aromatic nitrogens is 7. The summed E-state index contributed by atoms with van der Waals surface area (Å²) in [4.78, 5) is 8.96. The first-order valence-electron chi connectivity index (χ1n) is 7.91. The fourth-order valence-corrected chi connectivity index (χ4v) is 3.22. The topological polar surface area (TPSA) is 77.2 Å². The maximum atomic E-state index is 14.7. The van der Waals surface area contributed by atoms with E-state index in [4.69, 9.17) is 0 Å². The first kappa shape index (κ1) is 14.1. The molecule has 4 heterocycles. The lowest BCUT2D eigenvalue weighted by Crippen LogP contribution is -2.05. The van der Waals surface area contributed by atoms with Gasteiger partial charge >= 0.3 is 0 Å². The van der Waals surface area contributed by atoms with Crippen LogP contribution in [0, 0.1) is 19.7 Å². The summed E-state index contributed by atoms with van der Waals surface area (Å²) >= 11 is 0. The van der Waals surface area contributed by atoms with Gasteiger partial charge in [0.1, 0.15) is 11.5 Å². The highest BCUT2D eigenvalue weighted by Crippen LogP contribution is 2.34. The van der Waals surface area contributed by atoms with Crippen molar-refractivity contribution in [2.24, 2.45) is 0 Å². The minimum absolute atomic E-state index is 0.338. The summed E-state index contributed by atoms with van der Waals surface area (Å²) in [7, 11) is 0. The molecule has 1 N–H and O–H groups in total. The smallest absolute Gasteiger partial charge is 0.202 e. The van der Waals surface area contributed by atoms with Crippen LogP contribution in [0.1, 0.15) is 17.1 Å². The number of aryl methyl sites for hydroxylation is 2. The maximum absolute atomic E-state index is 14.7. The van der Waals surface area contributed by atoms with Crippen molar-refractivity contribution < 1.29 is 4.39 Å². The molecule has 0 amide bonds. The van der Waals surface area contributed by atoms with Crippen LogP contribution in [0.5, 0.6) is 0 Å². The number of hydrogen-bond donors (Lipinski definition) is 1. The van der Waals surface area contributed by atoms with E-state index >= 15 is 0 Å². The molecular weight excluding hydrogens is 321 g/mol. The Balaban J connectivity index is 1.81. The lowest BCUT2D eigenvalue weighted by Gasteiger charge is -2.08. The molecule has 25 heavy (non-hydrogen) atoms. The van der Waals surface area contributed by atoms with Gasteiger partial charge in [0, 0.05) is 5.69 Å². The molecule has 4 aromatic rings. The van der Waals surface area contributed by atoms with Crippen LogP contribution in [-0.2, 0) is 6.54 Å². The predicted molar refractivity (Wildman–Crippen MR) is 88.7 cm³/mol. The fraction of sp³-hybridized carbons (Fsp3) is 0.176. The number of hydrogen-bond acceptors (Lipinski definition) is 4. The number of H-pyrrole nitrogens is 1. The highest BCUT2D eigenvalue weighted by Gasteiger charge is 2.27. The maximum Gasteiger partial charge on any atom is 0.202 e. The minimum Gasteiger partial charge on any atom is -0.300 e. The van der Waals surface area contributed by atoms with Crippen molar-refractivity contribution in [3.63, 3.8) is 0 Å². The molecule has 0 spiro atoms. The summed E-state index contributed by atoms with van der Waals surface area (Å²) in [6.45, 7) is 4.31. The first-order chi connectivity index (χ1) is 12.1. The van der Waals surface area contributed by atoms with Gasteiger partial charge in [-0.15, -0.1) is 5.10 Å². The van der Waals surface area contributed by atoms with E-state index in [9.17, 15) is 4.39 Å². The number of nitrogens with one attached hydrogen (secondary N) is 1. The second-order valence-corrected chi connectivity index (χ2v) is 6.13. The molecule has 1 aliphatic rings. The largest absolute Gasteiger partial charge is 0.300 e. The molecule has 5 rings (SSSR count). The molecule has 0 aliphatic carbocycles. The summed E-state index contributed by atoms with van der Waals surface area (Å²) in [5.74, 6) is 0.626. The summed E-state index contributed by atoms with van der Waals surface area (Å²) in [5, 5.41) is 11.7. The Labute approximate surface area is 142 Å². The number of aromatic amines is 1. The number of fused-ring (bicyclic) bond motifs is 5. The van der Waals surface area contributed by atoms with Crippen LogP contribution in [0.3, 0.4) is 0 Å². The van der Waals surface area contributed by atoms with Gasteiger partial charge in [0.15, 0.2) is 5.82 Å². The number of imidazole rings is 1. The Kier molecular flexibility index (Phi) is 2.74. The number of rotatable bonds is 1. The Bertz CT molecular complexity index is 1120. The molecule has 3 aromatic heterocycles. The summed E-state index contributed by atoms with van der Waals surface area (Å²) in [5.41, 5.74) is 4.54. The van der Waals surface area contributed by atoms with E-state index in [1.165, 1.54) is 6.07 Å². The normalized spacial score (nSPS) is 12.4. The van der Waals surface area contributed by atoms with Gasteiger partial charge in [0.25, 0.3) is 0 Å². The summed E-state index contributed by atoms with van der Waals surface area (Å²) < 4.78 is 18.3. The zero-order valence-corrected chi connectivity index (χ0v) is 13.7. The number of nitrogens with zero attached hydrogens (tertiary/aromatic N) is 6. The predicted octanol–water partition coefficient (Wildman–Crippen LogP) is 2.64.